The summed E-state index contributed by atoms with van der Waals surface area (Å²) in [4.78, 5) is 4.09. The molecular formula is C11H25IN4O2S. The third-order valence-corrected chi connectivity index (χ3v) is 4.71. The normalized spacial score (nSPS) is 19.3. The van der Waals surface area contributed by atoms with Gasteiger partial charge in [0.2, 0.25) is 10.0 Å². The first-order chi connectivity index (χ1) is 8.45. The third kappa shape index (κ3) is 6.75. The van der Waals surface area contributed by atoms with Crippen LogP contribution in [0.15, 0.2) is 4.99 Å². The van der Waals surface area contributed by atoms with Gasteiger partial charge in [0, 0.05) is 33.2 Å². The van der Waals surface area contributed by atoms with E-state index in [-0.39, 0.29) is 29.7 Å². The topological polar surface area (TPSA) is 73.8 Å². The van der Waals surface area contributed by atoms with Crippen LogP contribution in [-0.4, -0.2) is 57.7 Å². The number of aliphatic imine (C=N–C) groups is 1. The zero-order chi connectivity index (χ0) is 13.6. The second kappa shape index (κ2) is 8.96. The van der Waals surface area contributed by atoms with E-state index in [4.69, 9.17) is 0 Å². The molecule has 0 atom stereocenters. The van der Waals surface area contributed by atoms with Crippen molar-refractivity contribution in [1.82, 2.24) is 14.9 Å². The molecule has 6 nitrogen and oxygen atoms in total. The molecule has 1 heterocycles. The van der Waals surface area contributed by atoms with Crippen LogP contribution in [0.4, 0.5) is 0 Å². The number of nitrogens with zero attached hydrogens (tertiary/aromatic N) is 2. The first kappa shape index (κ1) is 18.9. The molecule has 2 N–H and O–H groups in total. The highest BCUT2D eigenvalue weighted by atomic mass is 127. The van der Waals surface area contributed by atoms with Crippen LogP contribution in [0.2, 0.25) is 0 Å². The SMILES string of the molecule is CN=C(NCCN1CCCS1(=O)=O)NCC(C)C.I. The maximum atomic E-state index is 11.6. The Balaban J connectivity index is 0.00000324. The molecule has 0 bridgehead atoms. The molecule has 114 valence electrons. The van der Waals surface area contributed by atoms with Gasteiger partial charge in [-0.1, -0.05) is 13.8 Å². The Morgan fingerprint density at radius 3 is 2.53 bits per heavy atom. The summed E-state index contributed by atoms with van der Waals surface area (Å²) in [5, 5.41) is 6.31. The molecule has 0 amide bonds. The molecule has 1 aliphatic rings. The molecule has 0 aromatic heterocycles. The highest BCUT2D eigenvalue weighted by Gasteiger charge is 2.27. The van der Waals surface area contributed by atoms with E-state index in [1.54, 1.807) is 7.05 Å². The lowest BCUT2D eigenvalue weighted by atomic mass is 10.2. The molecule has 1 rings (SSSR count). The van der Waals surface area contributed by atoms with Crippen molar-refractivity contribution in [3.05, 3.63) is 0 Å². The first-order valence-corrected chi connectivity index (χ1v) is 7.99. The molecule has 8 heteroatoms. The zero-order valence-corrected chi connectivity index (χ0v) is 15.0. The van der Waals surface area contributed by atoms with Crippen molar-refractivity contribution in [1.29, 1.82) is 0 Å². The third-order valence-electron chi connectivity index (χ3n) is 2.76. The molecule has 0 radical (unpaired) electrons. The quantitative estimate of drug-likeness (QED) is 0.397. The molecule has 0 unspecified atom stereocenters. The van der Waals surface area contributed by atoms with Gasteiger partial charge in [-0.3, -0.25) is 4.99 Å². The van der Waals surface area contributed by atoms with E-state index >= 15 is 0 Å². The van der Waals surface area contributed by atoms with Gasteiger partial charge in [-0.15, -0.1) is 24.0 Å². The van der Waals surface area contributed by atoms with E-state index in [2.05, 4.69) is 29.5 Å². The number of sulfonamides is 1. The summed E-state index contributed by atoms with van der Waals surface area (Å²) >= 11 is 0. The minimum absolute atomic E-state index is 0. The molecular weight excluding hydrogens is 379 g/mol. The van der Waals surface area contributed by atoms with E-state index in [1.165, 1.54) is 4.31 Å². The maximum absolute atomic E-state index is 11.6. The summed E-state index contributed by atoms with van der Waals surface area (Å²) in [5.74, 6) is 1.55. The molecule has 0 aliphatic carbocycles. The second-order valence-electron chi connectivity index (χ2n) is 4.84. The van der Waals surface area contributed by atoms with Gasteiger partial charge in [0.15, 0.2) is 5.96 Å². The lowest BCUT2D eigenvalue weighted by molar-refractivity contribution is 0.444. The number of halogens is 1. The van der Waals surface area contributed by atoms with Crippen molar-refractivity contribution in [2.24, 2.45) is 10.9 Å². The van der Waals surface area contributed by atoms with Crippen LogP contribution < -0.4 is 10.6 Å². The van der Waals surface area contributed by atoms with Crippen molar-refractivity contribution >= 4 is 40.0 Å². The fraction of sp³-hybridized carbons (Fsp3) is 0.909. The molecule has 0 aromatic carbocycles. The summed E-state index contributed by atoms with van der Waals surface area (Å²) in [6.07, 6.45) is 0.739. The Morgan fingerprint density at radius 1 is 1.37 bits per heavy atom. The molecule has 0 saturated carbocycles. The Bertz CT molecular complexity index is 384. The van der Waals surface area contributed by atoms with E-state index < -0.39 is 10.0 Å². The molecule has 1 saturated heterocycles. The van der Waals surface area contributed by atoms with Crippen LogP contribution >= 0.6 is 24.0 Å². The van der Waals surface area contributed by atoms with Gasteiger partial charge >= 0.3 is 0 Å². The van der Waals surface area contributed by atoms with E-state index in [0.29, 0.717) is 25.6 Å². The second-order valence-corrected chi connectivity index (χ2v) is 6.93. The van der Waals surface area contributed by atoms with Crippen LogP contribution in [0.3, 0.4) is 0 Å². The minimum Gasteiger partial charge on any atom is -0.356 e. The van der Waals surface area contributed by atoms with Crippen molar-refractivity contribution in [2.75, 3.05) is 39.0 Å². The van der Waals surface area contributed by atoms with Gasteiger partial charge in [0.25, 0.3) is 0 Å². The van der Waals surface area contributed by atoms with Crippen LogP contribution in [-0.2, 0) is 10.0 Å². The van der Waals surface area contributed by atoms with Gasteiger partial charge in [-0.05, 0) is 12.3 Å². The Morgan fingerprint density at radius 2 is 2.05 bits per heavy atom. The van der Waals surface area contributed by atoms with Gasteiger partial charge < -0.3 is 10.6 Å². The van der Waals surface area contributed by atoms with Crippen molar-refractivity contribution in [3.8, 4) is 0 Å². The van der Waals surface area contributed by atoms with Crippen LogP contribution in [0.25, 0.3) is 0 Å². The van der Waals surface area contributed by atoms with Crippen molar-refractivity contribution in [3.63, 3.8) is 0 Å². The molecule has 19 heavy (non-hydrogen) atoms. The fourth-order valence-electron chi connectivity index (χ4n) is 1.76. The highest BCUT2D eigenvalue weighted by molar-refractivity contribution is 14.0. The molecule has 0 spiro atoms. The molecule has 0 aromatic rings. The summed E-state index contributed by atoms with van der Waals surface area (Å²) in [6, 6.07) is 0. The van der Waals surface area contributed by atoms with Gasteiger partial charge in [0.1, 0.15) is 0 Å². The van der Waals surface area contributed by atoms with Gasteiger partial charge in [-0.2, -0.15) is 0 Å². The minimum atomic E-state index is -2.98. The highest BCUT2D eigenvalue weighted by Crippen LogP contribution is 2.11. The Hall–Kier alpha value is -0.0900. The summed E-state index contributed by atoms with van der Waals surface area (Å²) in [5.41, 5.74) is 0. The average Bonchev–Trinajstić information content (AvgIpc) is 2.62. The largest absolute Gasteiger partial charge is 0.356 e. The lowest BCUT2D eigenvalue weighted by Crippen LogP contribution is -2.42. The summed E-state index contributed by atoms with van der Waals surface area (Å²) in [6.45, 7) is 6.82. The Kier molecular flexibility index (Phi) is 8.92. The predicted molar refractivity (Wildman–Crippen MR) is 89.6 cm³/mol. The monoisotopic (exact) mass is 404 g/mol. The molecule has 1 fully saturated rings. The zero-order valence-electron chi connectivity index (χ0n) is 11.8. The van der Waals surface area contributed by atoms with E-state index in [9.17, 15) is 8.42 Å². The number of rotatable bonds is 5. The molecule has 1 aliphatic heterocycles. The standard InChI is InChI=1S/C11H24N4O2S.HI/c1-10(2)9-14-11(12-3)13-5-7-15-6-4-8-18(15,16)17;/h10H,4-9H2,1-3H3,(H2,12,13,14);1H. The maximum Gasteiger partial charge on any atom is 0.214 e. The van der Waals surface area contributed by atoms with E-state index in [0.717, 1.165) is 18.9 Å². The number of hydrogen-bond acceptors (Lipinski definition) is 3. The Labute approximate surface area is 133 Å². The summed E-state index contributed by atoms with van der Waals surface area (Å²) in [7, 11) is -1.27. The van der Waals surface area contributed by atoms with Crippen molar-refractivity contribution < 1.29 is 8.42 Å². The fourth-order valence-corrected chi connectivity index (χ4v) is 3.29. The first-order valence-electron chi connectivity index (χ1n) is 6.38. The van der Waals surface area contributed by atoms with Crippen LogP contribution in [0.5, 0.6) is 0 Å². The summed E-state index contributed by atoms with van der Waals surface area (Å²) < 4.78 is 24.7. The van der Waals surface area contributed by atoms with Crippen molar-refractivity contribution in [2.45, 2.75) is 20.3 Å². The number of guanidine groups is 1. The van der Waals surface area contributed by atoms with E-state index in [1.807, 2.05) is 0 Å². The van der Waals surface area contributed by atoms with Crippen LogP contribution in [0.1, 0.15) is 20.3 Å². The number of hydrogen-bond donors (Lipinski definition) is 2. The average molecular weight is 404 g/mol. The van der Waals surface area contributed by atoms with Crippen LogP contribution in [0, 0.1) is 5.92 Å². The smallest absolute Gasteiger partial charge is 0.214 e. The lowest BCUT2D eigenvalue weighted by Gasteiger charge is -2.17. The van der Waals surface area contributed by atoms with Gasteiger partial charge in [0.05, 0.1) is 5.75 Å². The number of nitrogens with one attached hydrogen (secondary N) is 2. The van der Waals surface area contributed by atoms with Gasteiger partial charge in [-0.25, -0.2) is 12.7 Å². The predicted octanol–water partition coefficient (Wildman–Crippen LogP) is 0.461.